The Bertz CT molecular complexity index is 332. The molecular formula is C12H16O3. The Labute approximate surface area is 89.1 Å². The van der Waals surface area contributed by atoms with Crippen LogP contribution in [-0.2, 0) is 0 Å². The highest BCUT2D eigenvalue weighted by molar-refractivity contribution is 6.02. The molecule has 0 radical (unpaired) electrons. The maximum atomic E-state index is 12.0. The molecule has 1 aromatic rings. The number of hydrogen-bond acceptors (Lipinski definition) is 3. The Morgan fingerprint density at radius 3 is 2.73 bits per heavy atom. The van der Waals surface area contributed by atoms with Crippen molar-refractivity contribution in [3.05, 3.63) is 24.2 Å². The number of Topliss-reactive ketones (excluding diaryl/α,β-unsaturated/α-hetero) is 1. The topological polar surface area (TPSA) is 50.4 Å². The summed E-state index contributed by atoms with van der Waals surface area (Å²) in [6.07, 6.45) is 5.83. The first kappa shape index (κ1) is 10.4. The van der Waals surface area contributed by atoms with E-state index in [9.17, 15) is 9.90 Å². The van der Waals surface area contributed by atoms with E-state index in [1.807, 2.05) is 0 Å². The van der Waals surface area contributed by atoms with Crippen LogP contribution in [0, 0.1) is 5.92 Å². The lowest BCUT2D eigenvalue weighted by Gasteiger charge is -2.33. The third kappa shape index (κ3) is 1.97. The van der Waals surface area contributed by atoms with Gasteiger partial charge in [0.2, 0.25) is 0 Å². The smallest absolute Gasteiger partial charge is 0.197 e. The molecule has 1 aromatic heterocycles. The van der Waals surface area contributed by atoms with Crippen LogP contribution >= 0.6 is 0 Å². The highest BCUT2D eigenvalue weighted by Gasteiger charge is 2.39. The molecule has 1 aliphatic carbocycles. The van der Waals surface area contributed by atoms with Crippen molar-refractivity contribution < 1.29 is 14.3 Å². The minimum absolute atomic E-state index is 0.192. The van der Waals surface area contributed by atoms with Gasteiger partial charge in [-0.05, 0) is 37.7 Å². The van der Waals surface area contributed by atoms with E-state index >= 15 is 0 Å². The highest BCUT2D eigenvalue weighted by Crippen LogP contribution is 2.34. The van der Waals surface area contributed by atoms with Crippen LogP contribution in [0.5, 0.6) is 0 Å². The molecule has 0 aromatic carbocycles. The van der Waals surface area contributed by atoms with Gasteiger partial charge in [0.1, 0.15) is 11.9 Å². The maximum Gasteiger partial charge on any atom is 0.197 e. The molecule has 1 N–H and O–H groups in total. The molecule has 0 atom stereocenters. The van der Waals surface area contributed by atoms with Gasteiger partial charge < -0.3 is 9.52 Å². The van der Waals surface area contributed by atoms with Gasteiger partial charge in [-0.25, -0.2) is 0 Å². The fraction of sp³-hybridized carbons (Fsp3) is 0.583. The fourth-order valence-corrected chi connectivity index (χ4v) is 2.13. The monoisotopic (exact) mass is 208 g/mol. The van der Waals surface area contributed by atoms with E-state index in [-0.39, 0.29) is 5.78 Å². The summed E-state index contributed by atoms with van der Waals surface area (Å²) in [5.41, 5.74) is -0.678. The second-order valence-electron chi connectivity index (χ2n) is 4.56. The summed E-state index contributed by atoms with van der Waals surface area (Å²) in [6, 6.07) is 1.61. The summed E-state index contributed by atoms with van der Waals surface area (Å²) < 4.78 is 4.86. The van der Waals surface area contributed by atoms with Gasteiger partial charge in [0.25, 0.3) is 0 Å². The van der Waals surface area contributed by atoms with E-state index in [1.165, 1.54) is 12.5 Å². The van der Waals surface area contributed by atoms with Gasteiger partial charge in [-0.3, -0.25) is 4.79 Å². The van der Waals surface area contributed by atoms with Crippen molar-refractivity contribution in [2.45, 2.75) is 38.2 Å². The zero-order chi connectivity index (χ0) is 10.9. The van der Waals surface area contributed by atoms with Crippen LogP contribution in [0.2, 0.25) is 0 Å². The van der Waals surface area contributed by atoms with Gasteiger partial charge in [0.15, 0.2) is 5.78 Å². The van der Waals surface area contributed by atoms with Crippen molar-refractivity contribution in [2.24, 2.45) is 5.92 Å². The summed E-state index contributed by atoms with van der Waals surface area (Å²) in [4.78, 5) is 12.0. The Hall–Kier alpha value is -1.09. The molecule has 1 saturated carbocycles. The second kappa shape index (κ2) is 3.81. The summed E-state index contributed by atoms with van der Waals surface area (Å²) >= 11 is 0. The SMILES string of the molecule is CC1CCC(O)(C(=O)c2ccoc2)CC1. The zero-order valence-electron chi connectivity index (χ0n) is 8.90. The lowest BCUT2D eigenvalue weighted by molar-refractivity contribution is 0.00421. The third-order valence-electron chi connectivity index (χ3n) is 3.31. The van der Waals surface area contributed by atoms with Gasteiger partial charge >= 0.3 is 0 Å². The van der Waals surface area contributed by atoms with E-state index in [2.05, 4.69) is 6.92 Å². The molecule has 1 aliphatic rings. The van der Waals surface area contributed by atoms with Crippen molar-refractivity contribution in [1.29, 1.82) is 0 Å². The first-order chi connectivity index (χ1) is 7.12. The molecule has 0 saturated heterocycles. The van der Waals surface area contributed by atoms with Crippen LogP contribution < -0.4 is 0 Å². The molecular weight excluding hydrogens is 192 g/mol. The maximum absolute atomic E-state index is 12.0. The van der Waals surface area contributed by atoms with Crippen molar-refractivity contribution in [3.63, 3.8) is 0 Å². The standard InChI is InChI=1S/C12H16O3/c1-9-2-5-12(14,6-3-9)11(13)10-4-7-15-8-10/h4,7-9,14H,2-3,5-6H2,1H3. The van der Waals surface area contributed by atoms with Gasteiger partial charge in [-0.15, -0.1) is 0 Å². The van der Waals surface area contributed by atoms with Crippen LogP contribution in [0.3, 0.4) is 0 Å². The minimum Gasteiger partial charge on any atom is -0.472 e. The number of ketones is 1. The van der Waals surface area contributed by atoms with Crippen molar-refractivity contribution in [3.8, 4) is 0 Å². The average molecular weight is 208 g/mol. The predicted octanol–water partition coefficient (Wildman–Crippen LogP) is 2.40. The molecule has 1 fully saturated rings. The zero-order valence-corrected chi connectivity index (χ0v) is 8.90. The van der Waals surface area contributed by atoms with Crippen molar-refractivity contribution >= 4 is 5.78 Å². The number of carbonyl (C=O) groups is 1. The Balaban J connectivity index is 2.13. The third-order valence-corrected chi connectivity index (χ3v) is 3.31. The summed E-state index contributed by atoms with van der Waals surface area (Å²) in [5.74, 6) is 0.422. The second-order valence-corrected chi connectivity index (χ2v) is 4.56. The fourth-order valence-electron chi connectivity index (χ4n) is 2.13. The van der Waals surface area contributed by atoms with Crippen LogP contribution in [0.1, 0.15) is 43.0 Å². The lowest BCUT2D eigenvalue weighted by atomic mass is 9.76. The number of hydrogen-bond donors (Lipinski definition) is 1. The van der Waals surface area contributed by atoms with Crippen LogP contribution in [-0.4, -0.2) is 16.5 Å². The highest BCUT2D eigenvalue weighted by atomic mass is 16.3. The van der Waals surface area contributed by atoms with Gasteiger partial charge in [-0.1, -0.05) is 6.92 Å². The Morgan fingerprint density at radius 2 is 2.20 bits per heavy atom. The Morgan fingerprint density at radius 1 is 1.53 bits per heavy atom. The van der Waals surface area contributed by atoms with E-state index in [1.54, 1.807) is 6.07 Å². The number of rotatable bonds is 2. The summed E-state index contributed by atoms with van der Waals surface area (Å²) in [6.45, 7) is 2.15. The lowest BCUT2D eigenvalue weighted by Crippen LogP contribution is -2.41. The minimum atomic E-state index is -1.16. The summed E-state index contributed by atoms with van der Waals surface area (Å²) in [5, 5.41) is 10.2. The number of aliphatic hydroxyl groups is 1. The van der Waals surface area contributed by atoms with E-state index in [0.29, 0.717) is 24.3 Å². The van der Waals surface area contributed by atoms with E-state index in [0.717, 1.165) is 12.8 Å². The molecule has 15 heavy (non-hydrogen) atoms. The van der Waals surface area contributed by atoms with Crippen molar-refractivity contribution in [2.75, 3.05) is 0 Å². The molecule has 0 aliphatic heterocycles. The van der Waals surface area contributed by atoms with Crippen LogP contribution in [0.4, 0.5) is 0 Å². The summed E-state index contributed by atoms with van der Waals surface area (Å²) in [7, 11) is 0. The number of furan rings is 1. The van der Waals surface area contributed by atoms with Gasteiger partial charge in [0, 0.05) is 0 Å². The molecule has 0 bridgehead atoms. The molecule has 0 spiro atoms. The van der Waals surface area contributed by atoms with Gasteiger partial charge in [0.05, 0.1) is 11.8 Å². The molecule has 1 heterocycles. The molecule has 82 valence electrons. The molecule has 0 unspecified atom stereocenters. The van der Waals surface area contributed by atoms with Crippen LogP contribution in [0.25, 0.3) is 0 Å². The van der Waals surface area contributed by atoms with E-state index < -0.39 is 5.60 Å². The first-order valence-electron chi connectivity index (χ1n) is 5.41. The quantitative estimate of drug-likeness (QED) is 0.759. The molecule has 3 nitrogen and oxygen atoms in total. The average Bonchev–Trinajstić information content (AvgIpc) is 2.75. The van der Waals surface area contributed by atoms with Crippen molar-refractivity contribution in [1.82, 2.24) is 0 Å². The normalized spacial score (nSPS) is 31.5. The molecule has 3 heteroatoms. The molecule has 0 amide bonds. The largest absolute Gasteiger partial charge is 0.472 e. The van der Waals surface area contributed by atoms with Crippen LogP contribution in [0.15, 0.2) is 23.0 Å². The number of carbonyl (C=O) groups excluding carboxylic acids is 1. The predicted molar refractivity (Wildman–Crippen MR) is 55.6 cm³/mol. The van der Waals surface area contributed by atoms with E-state index in [4.69, 9.17) is 4.42 Å². The first-order valence-corrected chi connectivity index (χ1v) is 5.41. The molecule has 2 rings (SSSR count). The Kier molecular flexibility index (Phi) is 2.65. The van der Waals surface area contributed by atoms with Gasteiger partial charge in [-0.2, -0.15) is 0 Å².